The zero-order valence-electron chi connectivity index (χ0n) is 16.9. The van der Waals surface area contributed by atoms with Crippen LogP contribution in [0.15, 0.2) is 36.4 Å². The van der Waals surface area contributed by atoms with Crippen LogP contribution in [-0.2, 0) is 6.42 Å². The molecule has 0 bridgehead atoms. The Hall–Kier alpha value is -2.44. The predicted octanol–water partition coefficient (Wildman–Crippen LogP) is 1.35. The van der Waals surface area contributed by atoms with Gasteiger partial charge in [0.25, 0.3) is 0 Å². The highest BCUT2D eigenvalue weighted by Gasteiger charge is 2.24. The molecule has 1 saturated heterocycles. The van der Waals surface area contributed by atoms with Gasteiger partial charge in [-0.2, -0.15) is 9.61 Å². The van der Waals surface area contributed by atoms with Gasteiger partial charge >= 0.3 is 0 Å². The highest BCUT2D eigenvalue weighted by molar-refractivity contribution is 5.81. The lowest BCUT2D eigenvalue weighted by Gasteiger charge is -2.33. The number of benzene rings is 1. The Morgan fingerprint density at radius 1 is 1.14 bits per heavy atom. The third-order valence-electron chi connectivity index (χ3n) is 5.63. The summed E-state index contributed by atoms with van der Waals surface area (Å²) in [6, 6.07) is 12.7. The summed E-state index contributed by atoms with van der Waals surface area (Å²) in [5.74, 6) is 1.14. The molecule has 3 heterocycles. The number of hydrogen-bond donors (Lipinski definition) is 2. The third-order valence-corrected chi connectivity index (χ3v) is 5.63. The molecule has 1 fully saturated rings. The Balaban J connectivity index is 1.78. The summed E-state index contributed by atoms with van der Waals surface area (Å²) in [5, 5.41) is 14.1. The van der Waals surface area contributed by atoms with Gasteiger partial charge in [-0.15, -0.1) is 0 Å². The minimum Gasteiger partial charge on any atom is -0.391 e. The monoisotopic (exact) mass is 380 g/mol. The molecule has 3 aromatic rings. The minimum atomic E-state index is 0.258. The van der Waals surface area contributed by atoms with Crippen LogP contribution in [-0.4, -0.2) is 59.0 Å². The van der Waals surface area contributed by atoms with Crippen LogP contribution < -0.4 is 9.80 Å². The summed E-state index contributed by atoms with van der Waals surface area (Å²) in [5.41, 5.74) is 5.39. The van der Waals surface area contributed by atoms with Crippen molar-refractivity contribution in [3.63, 3.8) is 0 Å². The number of hydrogen-bond acceptors (Lipinski definition) is 4. The van der Waals surface area contributed by atoms with Crippen LogP contribution in [0.4, 0.5) is 5.82 Å². The molecule has 2 N–H and O–H groups in total. The number of fused-ring (bicyclic) bond motifs is 1. The summed E-state index contributed by atoms with van der Waals surface area (Å²) in [6.07, 6.45) is 2.04. The molecule has 0 radical (unpaired) electrons. The molecule has 1 aliphatic heterocycles. The topological polar surface area (TPSA) is 58.1 Å². The number of aryl methyl sites for hydroxylation is 2. The number of nitrogens with zero attached hydrogens (tertiary/aromatic N) is 4. The van der Waals surface area contributed by atoms with Crippen molar-refractivity contribution in [2.24, 2.45) is 0 Å². The molecule has 1 aromatic carbocycles. The predicted molar refractivity (Wildman–Crippen MR) is 112 cm³/mol. The molecule has 148 valence electrons. The van der Waals surface area contributed by atoms with E-state index in [1.165, 1.54) is 10.5 Å². The van der Waals surface area contributed by atoms with Crippen LogP contribution >= 0.6 is 0 Å². The molecular weight excluding hydrogens is 350 g/mol. The Bertz CT molecular complexity index is 929. The van der Waals surface area contributed by atoms with Crippen molar-refractivity contribution in [1.82, 2.24) is 14.6 Å². The lowest BCUT2D eigenvalue weighted by Crippen LogP contribution is -3.15. The number of aliphatic hydroxyl groups excluding tert-OH is 1. The lowest BCUT2D eigenvalue weighted by atomic mass is 10.1. The molecular formula is C22H30N5O+. The molecule has 2 aromatic heterocycles. The van der Waals surface area contributed by atoms with E-state index in [9.17, 15) is 5.11 Å². The van der Waals surface area contributed by atoms with Gasteiger partial charge in [0.05, 0.1) is 38.5 Å². The normalized spacial score (nSPS) is 15.5. The second-order valence-electron chi connectivity index (χ2n) is 7.63. The van der Waals surface area contributed by atoms with E-state index in [1.54, 1.807) is 0 Å². The van der Waals surface area contributed by atoms with Crippen LogP contribution in [0.3, 0.4) is 0 Å². The molecule has 0 spiro atoms. The first-order chi connectivity index (χ1) is 13.7. The molecule has 28 heavy (non-hydrogen) atoms. The summed E-state index contributed by atoms with van der Waals surface area (Å²) in [6.45, 7) is 9.39. The van der Waals surface area contributed by atoms with Crippen molar-refractivity contribution < 1.29 is 10.0 Å². The van der Waals surface area contributed by atoms with Crippen LogP contribution in [0.25, 0.3) is 16.8 Å². The first kappa shape index (κ1) is 18.9. The number of anilines is 1. The fourth-order valence-corrected chi connectivity index (χ4v) is 4.17. The average molecular weight is 381 g/mol. The van der Waals surface area contributed by atoms with Gasteiger partial charge in [0.15, 0.2) is 5.65 Å². The van der Waals surface area contributed by atoms with Crippen molar-refractivity contribution >= 4 is 11.5 Å². The number of rotatable bonds is 6. The van der Waals surface area contributed by atoms with Crippen LogP contribution in [0.1, 0.15) is 24.7 Å². The molecule has 0 aliphatic carbocycles. The average Bonchev–Trinajstić information content (AvgIpc) is 3.05. The number of quaternary nitrogens is 1. The quantitative estimate of drug-likeness (QED) is 0.678. The largest absolute Gasteiger partial charge is 0.391 e. The van der Waals surface area contributed by atoms with Crippen molar-refractivity contribution in [3.8, 4) is 11.1 Å². The van der Waals surface area contributed by atoms with Crippen LogP contribution in [0.5, 0.6) is 0 Å². The van der Waals surface area contributed by atoms with E-state index >= 15 is 0 Å². The summed E-state index contributed by atoms with van der Waals surface area (Å²) in [4.78, 5) is 8.90. The summed E-state index contributed by atoms with van der Waals surface area (Å²) < 4.78 is 2.04. The smallest absolute Gasteiger partial charge is 0.165 e. The van der Waals surface area contributed by atoms with Gasteiger partial charge in [-0.25, -0.2) is 4.98 Å². The summed E-state index contributed by atoms with van der Waals surface area (Å²) >= 11 is 0. The molecule has 0 atom stereocenters. The third kappa shape index (κ3) is 3.62. The fraction of sp³-hybridized carbons (Fsp3) is 0.455. The maximum atomic E-state index is 9.22. The van der Waals surface area contributed by atoms with E-state index in [0.29, 0.717) is 0 Å². The number of aromatic nitrogens is 3. The first-order valence-corrected chi connectivity index (χ1v) is 10.3. The second kappa shape index (κ2) is 8.29. The lowest BCUT2D eigenvalue weighted by molar-refractivity contribution is -0.900. The zero-order valence-corrected chi connectivity index (χ0v) is 16.9. The molecule has 0 unspecified atom stereocenters. The van der Waals surface area contributed by atoms with E-state index < -0.39 is 0 Å². The molecule has 0 amide bonds. The Labute approximate surface area is 166 Å². The minimum absolute atomic E-state index is 0.258. The SMILES string of the molecule is CCCc1cc(N2CC[NH+](CCO)CC2)n2nc(C)c(-c3ccccc3)c2n1. The molecule has 6 heteroatoms. The maximum Gasteiger partial charge on any atom is 0.165 e. The van der Waals surface area contributed by atoms with Crippen LogP contribution in [0, 0.1) is 6.92 Å². The Morgan fingerprint density at radius 2 is 1.89 bits per heavy atom. The Kier molecular flexibility index (Phi) is 5.59. The van der Waals surface area contributed by atoms with Crippen molar-refractivity contribution in [2.45, 2.75) is 26.7 Å². The van der Waals surface area contributed by atoms with E-state index in [-0.39, 0.29) is 6.61 Å². The number of aliphatic hydroxyl groups is 1. The number of piperazine rings is 1. The van der Waals surface area contributed by atoms with Gasteiger partial charge in [-0.1, -0.05) is 43.7 Å². The maximum absolute atomic E-state index is 9.22. The van der Waals surface area contributed by atoms with E-state index in [4.69, 9.17) is 10.1 Å². The van der Waals surface area contributed by atoms with Crippen LogP contribution in [0.2, 0.25) is 0 Å². The first-order valence-electron chi connectivity index (χ1n) is 10.3. The zero-order chi connectivity index (χ0) is 19.5. The molecule has 1 aliphatic rings. The fourth-order valence-electron chi connectivity index (χ4n) is 4.17. The van der Waals surface area contributed by atoms with Gasteiger partial charge in [0, 0.05) is 17.3 Å². The highest BCUT2D eigenvalue weighted by Crippen LogP contribution is 2.30. The van der Waals surface area contributed by atoms with Gasteiger partial charge < -0.3 is 14.9 Å². The van der Waals surface area contributed by atoms with Gasteiger partial charge in [-0.05, 0) is 18.9 Å². The standard InChI is InChI=1S/C22H29N5O/c1-3-7-19-16-20(26-12-10-25(11-13-26)14-15-28)27-22(23-19)21(17(2)24-27)18-8-5-4-6-9-18/h4-6,8-9,16,28H,3,7,10-15H2,1-2H3/p+1. The van der Waals surface area contributed by atoms with Gasteiger partial charge in [0.1, 0.15) is 12.4 Å². The molecule has 4 rings (SSSR count). The van der Waals surface area contributed by atoms with E-state index in [2.05, 4.69) is 49.1 Å². The second-order valence-corrected chi connectivity index (χ2v) is 7.63. The van der Waals surface area contributed by atoms with Gasteiger partial charge in [-0.3, -0.25) is 0 Å². The number of nitrogens with one attached hydrogen (secondary N) is 1. The van der Waals surface area contributed by atoms with Crippen molar-refractivity contribution in [2.75, 3.05) is 44.2 Å². The Morgan fingerprint density at radius 3 is 2.57 bits per heavy atom. The molecule has 6 nitrogen and oxygen atoms in total. The molecule has 0 saturated carbocycles. The van der Waals surface area contributed by atoms with E-state index in [0.717, 1.165) is 74.0 Å². The highest BCUT2D eigenvalue weighted by atomic mass is 16.3. The summed E-state index contributed by atoms with van der Waals surface area (Å²) in [7, 11) is 0. The van der Waals surface area contributed by atoms with Gasteiger partial charge in [0.2, 0.25) is 0 Å². The van der Waals surface area contributed by atoms with E-state index in [1.807, 2.05) is 10.6 Å². The van der Waals surface area contributed by atoms with Crippen molar-refractivity contribution in [1.29, 1.82) is 0 Å². The van der Waals surface area contributed by atoms with Crippen molar-refractivity contribution in [3.05, 3.63) is 47.8 Å².